The van der Waals surface area contributed by atoms with Crippen molar-refractivity contribution in [2.24, 2.45) is 0 Å². The van der Waals surface area contributed by atoms with Gasteiger partial charge in [0.15, 0.2) is 11.6 Å². The molecular formula is C29H31FN4O3. The van der Waals surface area contributed by atoms with Crippen LogP contribution in [-0.4, -0.2) is 59.1 Å². The Bertz CT molecular complexity index is 1410. The highest BCUT2D eigenvalue weighted by molar-refractivity contribution is 5.83. The number of halogens is 1. The van der Waals surface area contributed by atoms with Crippen LogP contribution in [-0.2, 0) is 24.1 Å². The smallest absolute Gasteiger partial charge is 0.165 e. The summed E-state index contributed by atoms with van der Waals surface area (Å²) in [6, 6.07) is 11.4. The van der Waals surface area contributed by atoms with Gasteiger partial charge in [-0.25, -0.2) is 9.37 Å². The molecule has 3 heterocycles. The molecule has 37 heavy (non-hydrogen) atoms. The van der Waals surface area contributed by atoms with Crippen molar-refractivity contribution in [3.05, 3.63) is 65.1 Å². The van der Waals surface area contributed by atoms with Gasteiger partial charge in [0.1, 0.15) is 18.2 Å². The Morgan fingerprint density at radius 1 is 1.08 bits per heavy atom. The topological polar surface area (TPSA) is 65.6 Å². The second kappa shape index (κ2) is 11.2. The van der Waals surface area contributed by atoms with Gasteiger partial charge in [-0.1, -0.05) is 23.2 Å². The monoisotopic (exact) mass is 502 g/mol. The summed E-state index contributed by atoms with van der Waals surface area (Å²) in [7, 11) is 0. The lowest BCUT2D eigenvalue weighted by atomic mass is 10.0. The number of terminal acetylenes is 1. The van der Waals surface area contributed by atoms with Gasteiger partial charge in [-0.2, -0.15) is 0 Å². The standard InChI is InChI=1S/C29H31FN4O3/c1-4-15-36-27-9-5-22(18-24(27)30)6-10-28-31-25-19-23(29-20(2)32-37-21(29)3)7-8-26(25)34(28)12-11-33-13-16-35-17-14-33/h1,5,7-9,18-19H,6,10-17H2,2-3H3. The molecule has 5 rings (SSSR count). The predicted octanol–water partition coefficient (Wildman–Crippen LogP) is 4.58. The normalized spacial score (nSPS) is 14.2. The van der Waals surface area contributed by atoms with E-state index in [-0.39, 0.29) is 12.4 Å². The van der Waals surface area contributed by atoms with E-state index in [0.717, 1.165) is 84.4 Å². The molecule has 0 bridgehead atoms. The van der Waals surface area contributed by atoms with Crippen LogP contribution in [0.25, 0.3) is 22.2 Å². The average Bonchev–Trinajstić information content (AvgIpc) is 3.43. The number of ether oxygens (including phenoxy) is 2. The van der Waals surface area contributed by atoms with Gasteiger partial charge in [0.05, 0.1) is 29.9 Å². The van der Waals surface area contributed by atoms with Crippen LogP contribution in [0, 0.1) is 32.0 Å². The zero-order chi connectivity index (χ0) is 25.8. The van der Waals surface area contributed by atoms with E-state index in [9.17, 15) is 4.39 Å². The number of hydrogen-bond acceptors (Lipinski definition) is 6. The Morgan fingerprint density at radius 2 is 1.92 bits per heavy atom. The summed E-state index contributed by atoms with van der Waals surface area (Å²) in [5.74, 6) is 3.90. The molecule has 7 nitrogen and oxygen atoms in total. The van der Waals surface area contributed by atoms with Crippen LogP contribution in [0.2, 0.25) is 0 Å². The van der Waals surface area contributed by atoms with Crippen molar-refractivity contribution in [2.75, 3.05) is 39.5 Å². The van der Waals surface area contributed by atoms with E-state index in [4.69, 9.17) is 25.4 Å². The minimum Gasteiger partial charge on any atom is -0.478 e. The van der Waals surface area contributed by atoms with Crippen LogP contribution in [0.1, 0.15) is 22.8 Å². The molecule has 1 aliphatic heterocycles. The number of fused-ring (bicyclic) bond motifs is 1. The first-order chi connectivity index (χ1) is 18.0. The molecule has 2 aromatic heterocycles. The molecule has 0 spiro atoms. The minimum atomic E-state index is -0.405. The number of nitrogens with zero attached hydrogens (tertiary/aromatic N) is 4. The SMILES string of the molecule is C#CCOc1ccc(CCc2nc3cc(-c4c(C)noc4C)ccc3n2CCN2CCOCC2)cc1F. The molecule has 4 aromatic rings. The molecule has 0 radical (unpaired) electrons. The van der Waals surface area contributed by atoms with E-state index in [1.807, 2.05) is 19.9 Å². The van der Waals surface area contributed by atoms with E-state index in [0.29, 0.717) is 12.8 Å². The molecule has 8 heteroatoms. The second-order valence-corrected chi connectivity index (χ2v) is 9.29. The van der Waals surface area contributed by atoms with Crippen molar-refractivity contribution in [3.8, 4) is 29.2 Å². The van der Waals surface area contributed by atoms with Gasteiger partial charge in [-0.05, 0) is 55.7 Å². The highest BCUT2D eigenvalue weighted by Crippen LogP contribution is 2.30. The number of hydrogen-bond donors (Lipinski definition) is 0. The molecule has 0 saturated carbocycles. The van der Waals surface area contributed by atoms with Crippen molar-refractivity contribution < 1.29 is 18.4 Å². The Balaban J connectivity index is 1.42. The zero-order valence-corrected chi connectivity index (χ0v) is 21.3. The fourth-order valence-electron chi connectivity index (χ4n) is 4.93. The number of aromatic nitrogens is 3. The van der Waals surface area contributed by atoms with Crippen molar-refractivity contribution >= 4 is 11.0 Å². The van der Waals surface area contributed by atoms with Gasteiger partial charge in [0, 0.05) is 38.2 Å². The fraction of sp³-hybridized carbons (Fsp3) is 0.379. The summed E-state index contributed by atoms with van der Waals surface area (Å²) < 4.78 is 32.9. The highest BCUT2D eigenvalue weighted by Gasteiger charge is 2.17. The van der Waals surface area contributed by atoms with Gasteiger partial charge in [0.25, 0.3) is 0 Å². The van der Waals surface area contributed by atoms with Crippen molar-refractivity contribution in [1.82, 2.24) is 19.6 Å². The lowest BCUT2D eigenvalue weighted by Crippen LogP contribution is -2.38. The summed E-state index contributed by atoms with van der Waals surface area (Å²) in [6.07, 6.45) is 6.55. The number of benzene rings is 2. The molecule has 0 atom stereocenters. The Labute approximate surface area is 216 Å². The molecular weight excluding hydrogens is 471 g/mol. The third-order valence-corrected chi connectivity index (χ3v) is 6.84. The summed E-state index contributed by atoms with van der Waals surface area (Å²) in [5, 5.41) is 4.10. The molecule has 2 aromatic carbocycles. The molecule has 0 unspecified atom stereocenters. The largest absolute Gasteiger partial charge is 0.478 e. The number of morpholine rings is 1. The number of imidazole rings is 1. The van der Waals surface area contributed by atoms with Crippen LogP contribution in [0.15, 0.2) is 40.9 Å². The van der Waals surface area contributed by atoms with Crippen molar-refractivity contribution in [3.63, 3.8) is 0 Å². The third kappa shape index (κ3) is 5.53. The van der Waals surface area contributed by atoms with Crippen LogP contribution in [0.3, 0.4) is 0 Å². The van der Waals surface area contributed by atoms with Gasteiger partial charge in [-0.3, -0.25) is 4.90 Å². The van der Waals surface area contributed by atoms with E-state index in [1.54, 1.807) is 6.07 Å². The molecule has 1 aliphatic rings. The number of rotatable bonds is 9. The maximum Gasteiger partial charge on any atom is 0.165 e. The van der Waals surface area contributed by atoms with Gasteiger partial charge >= 0.3 is 0 Å². The van der Waals surface area contributed by atoms with E-state index in [2.05, 4.69) is 38.7 Å². The molecule has 192 valence electrons. The molecule has 1 fully saturated rings. The van der Waals surface area contributed by atoms with Crippen LogP contribution >= 0.6 is 0 Å². The first kappa shape index (κ1) is 25.0. The average molecular weight is 503 g/mol. The molecule has 1 saturated heterocycles. The zero-order valence-electron chi connectivity index (χ0n) is 21.3. The van der Waals surface area contributed by atoms with Crippen LogP contribution in [0.4, 0.5) is 4.39 Å². The van der Waals surface area contributed by atoms with Crippen LogP contribution in [0.5, 0.6) is 5.75 Å². The fourth-order valence-corrected chi connectivity index (χ4v) is 4.93. The maximum atomic E-state index is 14.5. The molecule has 0 amide bonds. The van der Waals surface area contributed by atoms with Gasteiger partial charge in [0.2, 0.25) is 0 Å². The second-order valence-electron chi connectivity index (χ2n) is 9.29. The maximum absolute atomic E-state index is 14.5. The molecule has 0 aliphatic carbocycles. The first-order valence-electron chi connectivity index (χ1n) is 12.6. The van der Waals surface area contributed by atoms with Gasteiger partial charge < -0.3 is 18.6 Å². The lowest BCUT2D eigenvalue weighted by Gasteiger charge is -2.27. The molecule has 0 N–H and O–H groups in total. The quantitative estimate of drug-likeness (QED) is 0.312. The van der Waals surface area contributed by atoms with Gasteiger partial charge in [-0.15, -0.1) is 6.42 Å². The lowest BCUT2D eigenvalue weighted by molar-refractivity contribution is 0.0364. The Kier molecular flexibility index (Phi) is 7.54. The predicted molar refractivity (Wildman–Crippen MR) is 140 cm³/mol. The summed E-state index contributed by atoms with van der Waals surface area (Å²) in [5.41, 5.74) is 5.81. The summed E-state index contributed by atoms with van der Waals surface area (Å²) in [6.45, 7) is 9.07. The van der Waals surface area contributed by atoms with Crippen LogP contribution < -0.4 is 4.74 Å². The van der Waals surface area contributed by atoms with Crippen molar-refractivity contribution in [2.45, 2.75) is 33.2 Å². The Morgan fingerprint density at radius 3 is 2.65 bits per heavy atom. The minimum absolute atomic E-state index is 0.0410. The Hall–Kier alpha value is -3.67. The summed E-state index contributed by atoms with van der Waals surface area (Å²) in [4.78, 5) is 7.45. The third-order valence-electron chi connectivity index (χ3n) is 6.84. The first-order valence-corrected chi connectivity index (χ1v) is 12.6. The van der Waals surface area contributed by atoms with E-state index >= 15 is 0 Å². The van der Waals surface area contributed by atoms with E-state index in [1.165, 1.54) is 6.07 Å². The highest BCUT2D eigenvalue weighted by atomic mass is 19.1. The van der Waals surface area contributed by atoms with Crippen molar-refractivity contribution in [1.29, 1.82) is 0 Å². The summed E-state index contributed by atoms with van der Waals surface area (Å²) >= 11 is 0. The van der Waals surface area contributed by atoms with E-state index < -0.39 is 5.82 Å². The number of aryl methyl sites for hydroxylation is 4.